The molecule has 0 bridgehead atoms. The molecule has 0 saturated heterocycles. The predicted octanol–water partition coefficient (Wildman–Crippen LogP) is 0.415. The molecule has 1 rings (SSSR count). The van der Waals surface area contributed by atoms with Gasteiger partial charge in [0.1, 0.15) is 0 Å². The van der Waals surface area contributed by atoms with Crippen molar-refractivity contribution in [3.63, 3.8) is 0 Å². The second kappa shape index (κ2) is 6.30. The highest BCUT2D eigenvalue weighted by molar-refractivity contribution is 7.71. The van der Waals surface area contributed by atoms with E-state index in [1.165, 1.54) is 18.2 Å². The van der Waals surface area contributed by atoms with Gasteiger partial charge in [0.25, 0.3) is 0 Å². The molecule has 1 aromatic rings. The largest absolute Gasteiger partial charge is 0.362 e. The number of anilines is 1. The van der Waals surface area contributed by atoms with E-state index in [1.807, 2.05) is 5.32 Å². The first-order valence-corrected chi connectivity index (χ1v) is 10.5. The molecule has 7 N–H and O–H groups in total. The molecule has 0 radical (unpaired) electrons. The van der Waals surface area contributed by atoms with Crippen LogP contribution in [0.2, 0.25) is 0 Å². The molecule has 1 aromatic carbocycles. The van der Waals surface area contributed by atoms with E-state index < -0.39 is 34.5 Å². The summed E-state index contributed by atoms with van der Waals surface area (Å²) in [5.74, 6) is 0. The van der Waals surface area contributed by atoms with Crippen LogP contribution in [0.4, 0.5) is 5.69 Å². The highest BCUT2D eigenvalue weighted by atomic mass is 31.2. The van der Waals surface area contributed by atoms with Gasteiger partial charge in [0.15, 0.2) is 0 Å². The number of benzene rings is 1. The summed E-state index contributed by atoms with van der Waals surface area (Å²) in [4.78, 5) is 53.5. The molecule has 0 aliphatic carbocycles. The fraction of sp³-hybridized carbons (Fsp3) is 0.250. The highest BCUT2D eigenvalue weighted by Crippen LogP contribution is 2.59. The molecule has 0 aliphatic heterocycles. The summed E-state index contributed by atoms with van der Waals surface area (Å²) in [5, 5.41) is 2.01. The van der Waals surface area contributed by atoms with E-state index in [9.17, 15) is 13.7 Å². The van der Waals surface area contributed by atoms with Gasteiger partial charge in [-0.2, -0.15) is 0 Å². The lowest BCUT2D eigenvalue weighted by Gasteiger charge is -2.22. The predicted molar refractivity (Wildman–Crippen MR) is 73.7 cm³/mol. The number of rotatable bonds is 6. The van der Waals surface area contributed by atoms with Crippen LogP contribution in [0.5, 0.6) is 0 Å². The van der Waals surface area contributed by atoms with Crippen molar-refractivity contribution in [1.29, 1.82) is 0 Å². The van der Waals surface area contributed by atoms with Gasteiger partial charge in [-0.05, 0) is 17.7 Å². The minimum Gasteiger partial charge on any atom is -0.362 e. The van der Waals surface area contributed by atoms with Gasteiger partial charge < -0.3 is 34.7 Å². The topological polar surface area (TPSA) is 185 Å². The Balaban J connectivity index is 3.06. The number of hydrogen-bond donors (Lipinski definition) is 7. The van der Waals surface area contributed by atoms with Crippen LogP contribution in [-0.4, -0.2) is 34.9 Å². The molecule has 21 heavy (non-hydrogen) atoms. The molecule has 0 unspecified atom stereocenters. The zero-order valence-corrected chi connectivity index (χ0v) is 13.0. The van der Waals surface area contributed by atoms with Gasteiger partial charge in [0.2, 0.25) is 5.52 Å². The molecular weight excluding hydrogens is 347 g/mol. The fourth-order valence-corrected chi connectivity index (χ4v) is 4.38. The quantitative estimate of drug-likeness (QED) is 0.350. The average molecular weight is 361 g/mol. The standard InChI is InChI=1S/C8H14NO9P3/c10-19(11,12)5-6-2-1-3-7(4-6)9-8(20(13,14)15)21(16,17)18/h1-4,8-9H,5H2,(H2,10,11,12)(H2,13,14,15)(H2,16,17,18). The van der Waals surface area contributed by atoms with E-state index in [0.29, 0.717) is 0 Å². The lowest BCUT2D eigenvalue weighted by Crippen LogP contribution is -2.19. The first-order chi connectivity index (χ1) is 9.29. The van der Waals surface area contributed by atoms with Crippen molar-refractivity contribution in [2.45, 2.75) is 11.7 Å². The maximum absolute atomic E-state index is 11.1. The van der Waals surface area contributed by atoms with Gasteiger partial charge in [0, 0.05) is 5.69 Å². The smallest absolute Gasteiger partial charge is 0.360 e. The normalized spacial score (nSPS) is 13.5. The van der Waals surface area contributed by atoms with Gasteiger partial charge in [-0.15, -0.1) is 0 Å². The van der Waals surface area contributed by atoms with Crippen LogP contribution in [-0.2, 0) is 19.9 Å². The van der Waals surface area contributed by atoms with Crippen molar-refractivity contribution >= 4 is 28.5 Å². The fourth-order valence-electron chi connectivity index (χ4n) is 1.51. The summed E-state index contributed by atoms with van der Waals surface area (Å²) in [6.45, 7) is 0. The van der Waals surface area contributed by atoms with E-state index in [4.69, 9.17) is 29.4 Å². The third-order valence-electron chi connectivity index (χ3n) is 2.25. The van der Waals surface area contributed by atoms with Crippen molar-refractivity contribution in [2.24, 2.45) is 0 Å². The minimum atomic E-state index is -5.15. The molecule has 120 valence electrons. The lowest BCUT2D eigenvalue weighted by molar-refractivity contribution is 0.343. The van der Waals surface area contributed by atoms with E-state index in [0.717, 1.165) is 6.07 Å². The van der Waals surface area contributed by atoms with Crippen molar-refractivity contribution < 1.29 is 43.1 Å². The monoisotopic (exact) mass is 361 g/mol. The second-order valence-corrected chi connectivity index (χ2v) is 9.66. The van der Waals surface area contributed by atoms with Crippen molar-refractivity contribution in [2.75, 3.05) is 5.32 Å². The van der Waals surface area contributed by atoms with E-state index >= 15 is 0 Å². The summed E-state index contributed by atoms with van der Waals surface area (Å²) in [6.07, 6.45) is -0.612. The van der Waals surface area contributed by atoms with Crippen LogP contribution in [0.15, 0.2) is 24.3 Å². The molecule has 0 heterocycles. The summed E-state index contributed by atoms with van der Waals surface area (Å²) in [6, 6.07) is 5.07. The lowest BCUT2D eigenvalue weighted by atomic mass is 10.2. The summed E-state index contributed by atoms with van der Waals surface area (Å²) in [7, 11) is -14.6. The second-order valence-electron chi connectivity index (χ2n) is 4.22. The Morgan fingerprint density at radius 1 is 0.952 bits per heavy atom. The van der Waals surface area contributed by atoms with Gasteiger partial charge >= 0.3 is 22.8 Å². The number of hydrogen-bond acceptors (Lipinski definition) is 4. The SMILES string of the molecule is O=P(O)(O)Cc1cccc(NC(P(=O)(O)O)P(=O)(O)O)c1. The Bertz CT molecular complexity index is 622. The van der Waals surface area contributed by atoms with Crippen LogP contribution < -0.4 is 5.32 Å². The van der Waals surface area contributed by atoms with Crippen LogP contribution in [0.1, 0.15) is 5.56 Å². The molecular formula is C8H14NO9P3. The third-order valence-corrected chi connectivity index (χ3v) is 6.36. The van der Waals surface area contributed by atoms with Gasteiger partial charge in [-0.25, -0.2) is 0 Å². The molecule has 0 atom stereocenters. The molecule has 13 heteroatoms. The summed E-state index contributed by atoms with van der Waals surface area (Å²) < 4.78 is 33.1. The van der Waals surface area contributed by atoms with Crippen LogP contribution in [0, 0.1) is 0 Å². The Morgan fingerprint density at radius 2 is 1.48 bits per heavy atom. The molecule has 0 amide bonds. The third kappa shape index (κ3) is 6.40. The molecule has 0 aromatic heterocycles. The molecule has 0 fully saturated rings. The molecule has 0 aliphatic rings. The van der Waals surface area contributed by atoms with Crippen molar-refractivity contribution in [3.05, 3.63) is 29.8 Å². The Morgan fingerprint density at radius 3 is 1.90 bits per heavy atom. The van der Waals surface area contributed by atoms with Crippen molar-refractivity contribution in [1.82, 2.24) is 0 Å². The van der Waals surface area contributed by atoms with Crippen molar-refractivity contribution in [3.8, 4) is 0 Å². The average Bonchev–Trinajstić information content (AvgIpc) is 2.20. The zero-order valence-electron chi connectivity index (χ0n) is 10.3. The number of nitrogens with one attached hydrogen (secondary N) is 1. The maximum atomic E-state index is 11.1. The zero-order chi connectivity index (χ0) is 16.5. The first-order valence-electron chi connectivity index (χ1n) is 5.29. The van der Waals surface area contributed by atoms with Crippen LogP contribution in [0.25, 0.3) is 0 Å². The van der Waals surface area contributed by atoms with Gasteiger partial charge in [-0.3, -0.25) is 13.7 Å². The Kier molecular flexibility index (Phi) is 5.56. The summed E-state index contributed by atoms with van der Waals surface area (Å²) >= 11 is 0. The van der Waals surface area contributed by atoms with E-state index in [2.05, 4.69) is 0 Å². The molecule has 10 nitrogen and oxygen atoms in total. The van der Waals surface area contributed by atoms with Gasteiger partial charge in [0.05, 0.1) is 6.16 Å². The van der Waals surface area contributed by atoms with E-state index in [1.54, 1.807) is 0 Å². The first kappa shape index (κ1) is 18.5. The van der Waals surface area contributed by atoms with Gasteiger partial charge in [-0.1, -0.05) is 12.1 Å². The molecule has 0 spiro atoms. The highest BCUT2D eigenvalue weighted by Gasteiger charge is 2.43. The Hall–Kier alpha value is -0.530. The Labute approximate surface area is 119 Å². The molecule has 0 saturated carbocycles. The summed E-state index contributed by atoms with van der Waals surface area (Å²) in [5.41, 5.74) is -2.38. The minimum absolute atomic E-state index is 0.0856. The van der Waals surface area contributed by atoms with Crippen LogP contribution >= 0.6 is 22.8 Å². The van der Waals surface area contributed by atoms with Crippen LogP contribution in [0.3, 0.4) is 0 Å². The maximum Gasteiger partial charge on any atom is 0.360 e. The van der Waals surface area contributed by atoms with E-state index in [-0.39, 0.29) is 11.3 Å².